The highest BCUT2D eigenvalue weighted by Gasteiger charge is 2.27. The molecule has 0 radical (unpaired) electrons. The topological polar surface area (TPSA) is 11.4 Å². The molecule has 2 aliphatic heterocycles. The number of hydrogen-bond acceptors (Lipinski definition) is 2. The van der Waals surface area contributed by atoms with E-state index in [4.69, 9.17) is 0 Å². The summed E-state index contributed by atoms with van der Waals surface area (Å²) < 4.78 is 2.35. The van der Waals surface area contributed by atoms with Crippen LogP contribution in [0, 0.1) is 6.92 Å². The molecule has 0 N–H and O–H groups in total. The van der Waals surface area contributed by atoms with Gasteiger partial charge in [-0.3, -0.25) is 9.80 Å². The van der Waals surface area contributed by atoms with Gasteiger partial charge in [0.1, 0.15) is 0 Å². The van der Waals surface area contributed by atoms with Crippen LogP contribution in [-0.2, 0) is 13.6 Å². The van der Waals surface area contributed by atoms with Crippen LogP contribution in [0.5, 0.6) is 0 Å². The normalized spacial score (nSPS) is 23.8. The van der Waals surface area contributed by atoms with Crippen LogP contribution in [0.3, 0.4) is 0 Å². The van der Waals surface area contributed by atoms with E-state index in [1.807, 2.05) is 0 Å². The van der Waals surface area contributed by atoms with Crippen molar-refractivity contribution in [2.45, 2.75) is 45.2 Å². The van der Waals surface area contributed by atoms with Crippen LogP contribution >= 0.6 is 0 Å². The molecule has 0 unspecified atom stereocenters. The first kappa shape index (κ1) is 15.2. The van der Waals surface area contributed by atoms with Crippen molar-refractivity contribution < 1.29 is 0 Å². The Morgan fingerprint density at radius 3 is 2.65 bits per heavy atom. The van der Waals surface area contributed by atoms with E-state index in [2.05, 4.69) is 52.6 Å². The van der Waals surface area contributed by atoms with Gasteiger partial charge in [0, 0.05) is 42.8 Å². The molecule has 0 spiro atoms. The van der Waals surface area contributed by atoms with Crippen molar-refractivity contribution in [2.75, 3.05) is 26.2 Å². The van der Waals surface area contributed by atoms with E-state index in [1.165, 1.54) is 74.0 Å². The summed E-state index contributed by atoms with van der Waals surface area (Å²) >= 11 is 0. The lowest BCUT2D eigenvalue weighted by atomic mass is 10.0. The SMILES string of the molecule is Cc1c(CN2CCC[C@@H](N3CCCC3)C2)c2ccccc2n1C. The maximum Gasteiger partial charge on any atom is 0.0483 e. The van der Waals surface area contributed by atoms with Crippen molar-refractivity contribution in [1.82, 2.24) is 14.4 Å². The molecule has 4 rings (SSSR count). The number of piperidine rings is 1. The van der Waals surface area contributed by atoms with Gasteiger partial charge in [0.05, 0.1) is 0 Å². The fourth-order valence-electron chi connectivity index (χ4n) is 4.60. The molecule has 1 atom stereocenters. The number of benzene rings is 1. The number of fused-ring (bicyclic) bond motifs is 1. The quantitative estimate of drug-likeness (QED) is 0.859. The zero-order valence-corrected chi connectivity index (χ0v) is 14.6. The molecule has 1 aromatic heterocycles. The molecule has 3 heteroatoms. The number of aromatic nitrogens is 1. The zero-order chi connectivity index (χ0) is 15.8. The minimum absolute atomic E-state index is 0.793. The molecule has 0 bridgehead atoms. The Morgan fingerprint density at radius 1 is 1.04 bits per heavy atom. The van der Waals surface area contributed by atoms with E-state index in [-0.39, 0.29) is 0 Å². The van der Waals surface area contributed by atoms with Gasteiger partial charge >= 0.3 is 0 Å². The van der Waals surface area contributed by atoms with E-state index in [1.54, 1.807) is 0 Å². The lowest BCUT2D eigenvalue weighted by Gasteiger charge is -2.37. The van der Waals surface area contributed by atoms with Gasteiger partial charge in [-0.15, -0.1) is 0 Å². The summed E-state index contributed by atoms with van der Waals surface area (Å²) in [6.07, 6.45) is 5.55. The van der Waals surface area contributed by atoms with E-state index in [0.717, 1.165) is 12.6 Å². The predicted octanol–water partition coefficient (Wildman–Crippen LogP) is 3.55. The highest BCUT2D eigenvalue weighted by Crippen LogP contribution is 2.28. The monoisotopic (exact) mass is 311 g/mol. The average Bonchev–Trinajstić information content (AvgIpc) is 3.20. The third-order valence-corrected chi connectivity index (χ3v) is 6.05. The molecule has 124 valence electrons. The minimum Gasteiger partial charge on any atom is -0.348 e. The molecule has 1 aromatic carbocycles. The van der Waals surface area contributed by atoms with Gasteiger partial charge in [-0.25, -0.2) is 0 Å². The van der Waals surface area contributed by atoms with Crippen LogP contribution in [0.2, 0.25) is 0 Å². The number of rotatable bonds is 3. The van der Waals surface area contributed by atoms with Crippen molar-refractivity contribution in [3.05, 3.63) is 35.5 Å². The molecule has 2 saturated heterocycles. The highest BCUT2D eigenvalue weighted by atomic mass is 15.2. The van der Waals surface area contributed by atoms with E-state index in [0.29, 0.717) is 0 Å². The number of likely N-dealkylation sites (tertiary alicyclic amines) is 2. The van der Waals surface area contributed by atoms with Crippen LogP contribution in [-0.4, -0.2) is 46.6 Å². The second-order valence-corrected chi connectivity index (χ2v) is 7.41. The first-order chi connectivity index (χ1) is 11.2. The van der Waals surface area contributed by atoms with Gasteiger partial charge in [-0.1, -0.05) is 18.2 Å². The van der Waals surface area contributed by atoms with Gasteiger partial charge < -0.3 is 4.57 Å². The van der Waals surface area contributed by atoms with E-state index in [9.17, 15) is 0 Å². The largest absolute Gasteiger partial charge is 0.348 e. The Kier molecular flexibility index (Phi) is 4.16. The third-order valence-electron chi connectivity index (χ3n) is 6.05. The number of para-hydroxylation sites is 1. The summed E-state index contributed by atoms with van der Waals surface area (Å²) in [6, 6.07) is 9.65. The number of nitrogens with zero attached hydrogens (tertiary/aromatic N) is 3. The van der Waals surface area contributed by atoms with E-state index < -0.39 is 0 Å². The molecular formula is C20H29N3. The van der Waals surface area contributed by atoms with Crippen LogP contribution in [0.1, 0.15) is 36.9 Å². The smallest absolute Gasteiger partial charge is 0.0483 e. The van der Waals surface area contributed by atoms with Crippen molar-refractivity contribution in [3.63, 3.8) is 0 Å². The number of hydrogen-bond donors (Lipinski definition) is 0. The van der Waals surface area contributed by atoms with Gasteiger partial charge in [0.2, 0.25) is 0 Å². The molecule has 2 fully saturated rings. The summed E-state index contributed by atoms with van der Waals surface area (Å²) in [7, 11) is 2.20. The van der Waals surface area contributed by atoms with Gasteiger partial charge in [-0.2, -0.15) is 0 Å². The highest BCUT2D eigenvalue weighted by molar-refractivity contribution is 5.85. The Hall–Kier alpha value is -1.32. The molecule has 2 aromatic rings. The second kappa shape index (κ2) is 6.29. The summed E-state index contributed by atoms with van der Waals surface area (Å²) in [5.74, 6) is 0. The summed E-state index contributed by atoms with van der Waals surface area (Å²) in [6.45, 7) is 8.54. The van der Waals surface area contributed by atoms with Gasteiger partial charge in [0.25, 0.3) is 0 Å². The predicted molar refractivity (Wildman–Crippen MR) is 96.8 cm³/mol. The fourth-order valence-corrected chi connectivity index (χ4v) is 4.60. The Labute approximate surface area is 139 Å². The molecule has 0 amide bonds. The van der Waals surface area contributed by atoms with E-state index >= 15 is 0 Å². The molecule has 23 heavy (non-hydrogen) atoms. The van der Waals surface area contributed by atoms with Crippen molar-refractivity contribution in [1.29, 1.82) is 0 Å². The maximum absolute atomic E-state index is 2.74. The molecule has 2 aliphatic rings. The lowest BCUT2D eigenvalue weighted by Crippen LogP contribution is -2.46. The first-order valence-corrected chi connectivity index (χ1v) is 9.23. The molecule has 0 aliphatic carbocycles. The summed E-state index contributed by atoms with van der Waals surface area (Å²) in [5, 5.41) is 1.44. The standard InChI is InChI=1S/C20H29N3/c1-16-19(18-9-3-4-10-20(18)21(16)2)15-22-11-7-8-17(14-22)23-12-5-6-13-23/h3-4,9-10,17H,5-8,11-15H2,1-2H3/t17-/m1/s1. The summed E-state index contributed by atoms with van der Waals surface area (Å²) in [4.78, 5) is 5.43. The molecule has 0 saturated carbocycles. The second-order valence-electron chi connectivity index (χ2n) is 7.41. The maximum atomic E-state index is 2.74. The van der Waals surface area contributed by atoms with Crippen LogP contribution in [0.4, 0.5) is 0 Å². The lowest BCUT2D eigenvalue weighted by molar-refractivity contribution is 0.111. The van der Waals surface area contributed by atoms with Crippen molar-refractivity contribution in [3.8, 4) is 0 Å². The van der Waals surface area contributed by atoms with Gasteiger partial charge in [0.15, 0.2) is 0 Å². The van der Waals surface area contributed by atoms with Crippen molar-refractivity contribution >= 4 is 10.9 Å². The van der Waals surface area contributed by atoms with Crippen LogP contribution < -0.4 is 0 Å². The third kappa shape index (κ3) is 2.81. The van der Waals surface area contributed by atoms with Crippen LogP contribution in [0.25, 0.3) is 10.9 Å². The molecule has 3 nitrogen and oxygen atoms in total. The molecular weight excluding hydrogens is 282 g/mol. The Bertz CT molecular complexity index is 681. The first-order valence-electron chi connectivity index (χ1n) is 9.23. The van der Waals surface area contributed by atoms with Gasteiger partial charge in [-0.05, 0) is 63.9 Å². The fraction of sp³-hybridized carbons (Fsp3) is 0.600. The number of aryl methyl sites for hydroxylation is 1. The van der Waals surface area contributed by atoms with Crippen LogP contribution in [0.15, 0.2) is 24.3 Å². The zero-order valence-electron chi connectivity index (χ0n) is 14.6. The molecule has 3 heterocycles. The van der Waals surface area contributed by atoms with Crippen molar-refractivity contribution in [2.24, 2.45) is 7.05 Å². The Morgan fingerprint density at radius 2 is 1.83 bits per heavy atom. The summed E-state index contributed by atoms with van der Waals surface area (Å²) in [5.41, 5.74) is 4.33. The Balaban J connectivity index is 1.54. The minimum atomic E-state index is 0.793. The average molecular weight is 311 g/mol.